The second-order valence-electron chi connectivity index (χ2n) is 5.75. The first-order chi connectivity index (χ1) is 10.7. The Balaban J connectivity index is 1.92. The third-order valence-corrected chi connectivity index (χ3v) is 4.34. The molecule has 118 valence electrons. The molecule has 0 N–H and O–H groups in total. The minimum atomic E-state index is -0.153. The normalized spacial score (nSPS) is 16.0. The zero-order valence-corrected chi connectivity index (χ0v) is 13.0. The Morgan fingerprint density at radius 1 is 1.18 bits per heavy atom. The van der Waals surface area contributed by atoms with E-state index < -0.39 is 0 Å². The van der Waals surface area contributed by atoms with Crippen molar-refractivity contribution in [1.29, 1.82) is 0 Å². The quantitative estimate of drug-likeness (QED) is 0.865. The van der Waals surface area contributed by atoms with E-state index in [1.807, 2.05) is 17.9 Å². The van der Waals surface area contributed by atoms with Gasteiger partial charge in [0.15, 0.2) is 5.65 Å². The number of hydrogen-bond donors (Lipinski definition) is 0. The zero-order valence-electron chi connectivity index (χ0n) is 13.0. The predicted octanol–water partition coefficient (Wildman–Crippen LogP) is 1.62. The molecule has 3 rings (SSSR count). The van der Waals surface area contributed by atoms with E-state index in [0.29, 0.717) is 12.2 Å². The summed E-state index contributed by atoms with van der Waals surface area (Å²) in [5, 5.41) is 0. The summed E-state index contributed by atoms with van der Waals surface area (Å²) in [4.78, 5) is 31.3. The first kappa shape index (κ1) is 14.8. The Morgan fingerprint density at radius 2 is 1.91 bits per heavy atom. The van der Waals surface area contributed by atoms with Gasteiger partial charge in [-0.3, -0.25) is 13.9 Å². The maximum absolute atomic E-state index is 12.6. The molecule has 3 heterocycles. The summed E-state index contributed by atoms with van der Waals surface area (Å²) in [5.41, 5.74) is 1.23. The van der Waals surface area contributed by atoms with Crippen LogP contribution in [0.1, 0.15) is 32.6 Å². The summed E-state index contributed by atoms with van der Waals surface area (Å²) in [7, 11) is 0. The van der Waals surface area contributed by atoms with Gasteiger partial charge in [0.05, 0.1) is 5.52 Å². The predicted molar refractivity (Wildman–Crippen MR) is 84.7 cm³/mol. The van der Waals surface area contributed by atoms with Gasteiger partial charge in [-0.15, -0.1) is 0 Å². The van der Waals surface area contributed by atoms with E-state index in [1.54, 1.807) is 21.4 Å². The van der Waals surface area contributed by atoms with Gasteiger partial charge < -0.3 is 4.90 Å². The van der Waals surface area contributed by atoms with Gasteiger partial charge in [0.1, 0.15) is 6.54 Å². The molecule has 1 amide bonds. The Labute approximate surface area is 129 Å². The van der Waals surface area contributed by atoms with E-state index in [0.717, 1.165) is 31.4 Å². The number of likely N-dealkylation sites (tertiary alicyclic amines) is 1. The summed E-state index contributed by atoms with van der Waals surface area (Å²) in [6, 6.07) is 3.65. The number of carbonyl (C=O) groups is 1. The Morgan fingerprint density at radius 3 is 2.59 bits per heavy atom. The molecular formula is C16H22N4O2. The van der Waals surface area contributed by atoms with Gasteiger partial charge in [0.25, 0.3) is 0 Å². The SMILES string of the molecule is CCn1c(=O)n(CC(=O)N2CCCCCC2)c2cccnc21. The van der Waals surface area contributed by atoms with Crippen LogP contribution in [-0.2, 0) is 17.9 Å². The number of imidazole rings is 1. The maximum Gasteiger partial charge on any atom is 0.330 e. The Bertz CT molecular complexity index is 723. The van der Waals surface area contributed by atoms with Crippen LogP contribution >= 0.6 is 0 Å². The molecule has 0 radical (unpaired) electrons. The minimum absolute atomic E-state index is 0.0306. The molecule has 0 atom stereocenters. The molecule has 0 saturated carbocycles. The van der Waals surface area contributed by atoms with Crippen molar-refractivity contribution in [3.05, 3.63) is 28.8 Å². The van der Waals surface area contributed by atoms with Crippen LogP contribution < -0.4 is 5.69 Å². The topological polar surface area (TPSA) is 60.1 Å². The molecule has 0 aliphatic carbocycles. The van der Waals surface area contributed by atoms with E-state index in [1.165, 1.54) is 12.8 Å². The smallest absolute Gasteiger partial charge is 0.330 e. The van der Waals surface area contributed by atoms with Gasteiger partial charge in [-0.05, 0) is 31.9 Å². The fraction of sp³-hybridized carbons (Fsp3) is 0.562. The lowest BCUT2D eigenvalue weighted by Gasteiger charge is -2.20. The molecular weight excluding hydrogens is 280 g/mol. The molecule has 2 aromatic rings. The number of aryl methyl sites for hydroxylation is 1. The van der Waals surface area contributed by atoms with Gasteiger partial charge in [-0.1, -0.05) is 12.8 Å². The largest absolute Gasteiger partial charge is 0.341 e. The molecule has 1 saturated heterocycles. The third kappa shape index (κ3) is 2.65. The Hall–Kier alpha value is -2.11. The van der Waals surface area contributed by atoms with Gasteiger partial charge in [-0.25, -0.2) is 9.78 Å². The van der Waals surface area contributed by atoms with Crippen LogP contribution in [-0.4, -0.2) is 38.0 Å². The van der Waals surface area contributed by atoms with Crippen LogP contribution in [0.25, 0.3) is 11.2 Å². The number of rotatable bonds is 3. The number of amides is 1. The van der Waals surface area contributed by atoms with Crippen molar-refractivity contribution in [2.75, 3.05) is 13.1 Å². The van der Waals surface area contributed by atoms with Gasteiger partial charge in [0, 0.05) is 25.8 Å². The van der Waals surface area contributed by atoms with Crippen molar-refractivity contribution in [1.82, 2.24) is 19.0 Å². The van der Waals surface area contributed by atoms with Crippen LogP contribution in [0, 0.1) is 0 Å². The molecule has 1 aliphatic rings. The summed E-state index contributed by atoms with van der Waals surface area (Å²) in [6.07, 6.45) is 6.15. The average Bonchev–Trinajstić information content (AvgIpc) is 2.73. The van der Waals surface area contributed by atoms with Gasteiger partial charge in [-0.2, -0.15) is 0 Å². The van der Waals surface area contributed by atoms with Crippen molar-refractivity contribution in [2.45, 2.75) is 45.7 Å². The standard InChI is InChI=1S/C16H22N4O2/c1-2-19-15-13(8-7-9-17-15)20(16(19)22)12-14(21)18-10-5-3-4-6-11-18/h7-9H,2-6,10-12H2,1H3. The molecule has 2 aromatic heterocycles. The van der Waals surface area contributed by atoms with Crippen LogP contribution in [0.5, 0.6) is 0 Å². The highest BCUT2D eigenvalue weighted by Gasteiger charge is 2.20. The van der Waals surface area contributed by atoms with E-state index in [2.05, 4.69) is 4.98 Å². The highest BCUT2D eigenvalue weighted by atomic mass is 16.2. The summed E-state index contributed by atoms with van der Waals surface area (Å²) < 4.78 is 3.17. The summed E-state index contributed by atoms with van der Waals surface area (Å²) in [5.74, 6) is 0.0306. The zero-order chi connectivity index (χ0) is 15.5. The van der Waals surface area contributed by atoms with E-state index >= 15 is 0 Å². The summed E-state index contributed by atoms with van der Waals surface area (Å²) >= 11 is 0. The molecule has 0 bridgehead atoms. The lowest BCUT2D eigenvalue weighted by atomic mass is 10.2. The molecule has 1 aliphatic heterocycles. The monoisotopic (exact) mass is 302 g/mol. The molecule has 6 heteroatoms. The van der Waals surface area contributed by atoms with Crippen LogP contribution in [0.15, 0.2) is 23.1 Å². The highest BCUT2D eigenvalue weighted by molar-refractivity contribution is 5.79. The van der Waals surface area contributed by atoms with Crippen LogP contribution in [0.3, 0.4) is 0 Å². The second kappa shape index (κ2) is 6.34. The van der Waals surface area contributed by atoms with Crippen molar-refractivity contribution in [3.63, 3.8) is 0 Å². The highest BCUT2D eigenvalue weighted by Crippen LogP contribution is 2.13. The summed E-state index contributed by atoms with van der Waals surface area (Å²) in [6.45, 7) is 4.18. The first-order valence-corrected chi connectivity index (χ1v) is 8.04. The molecule has 22 heavy (non-hydrogen) atoms. The minimum Gasteiger partial charge on any atom is -0.341 e. The number of hydrogen-bond acceptors (Lipinski definition) is 3. The number of carbonyl (C=O) groups excluding carboxylic acids is 1. The third-order valence-electron chi connectivity index (χ3n) is 4.34. The van der Waals surface area contributed by atoms with Crippen molar-refractivity contribution in [2.24, 2.45) is 0 Å². The number of fused-ring (bicyclic) bond motifs is 1. The fourth-order valence-corrected chi connectivity index (χ4v) is 3.14. The van der Waals surface area contributed by atoms with Crippen LogP contribution in [0.2, 0.25) is 0 Å². The second-order valence-corrected chi connectivity index (χ2v) is 5.75. The van der Waals surface area contributed by atoms with Crippen molar-refractivity contribution < 1.29 is 4.79 Å². The van der Waals surface area contributed by atoms with E-state index in [9.17, 15) is 9.59 Å². The number of pyridine rings is 1. The fourth-order valence-electron chi connectivity index (χ4n) is 3.14. The average molecular weight is 302 g/mol. The maximum atomic E-state index is 12.6. The van der Waals surface area contributed by atoms with Gasteiger partial charge in [0.2, 0.25) is 5.91 Å². The van der Waals surface area contributed by atoms with Crippen LogP contribution in [0.4, 0.5) is 0 Å². The first-order valence-electron chi connectivity index (χ1n) is 8.04. The van der Waals surface area contributed by atoms with E-state index in [-0.39, 0.29) is 18.1 Å². The number of nitrogens with zero attached hydrogens (tertiary/aromatic N) is 4. The molecule has 6 nitrogen and oxygen atoms in total. The van der Waals surface area contributed by atoms with Gasteiger partial charge >= 0.3 is 5.69 Å². The molecule has 0 unspecified atom stereocenters. The van der Waals surface area contributed by atoms with Crippen molar-refractivity contribution in [3.8, 4) is 0 Å². The van der Waals surface area contributed by atoms with E-state index in [4.69, 9.17) is 0 Å². The molecule has 0 spiro atoms. The number of aromatic nitrogens is 3. The van der Waals surface area contributed by atoms with Crippen molar-refractivity contribution >= 4 is 17.1 Å². The lowest BCUT2D eigenvalue weighted by Crippen LogP contribution is -2.37. The molecule has 0 aromatic carbocycles. The lowest BCUT2D eigenvalue weighted by molar-refractivity contribution is -0.131. The molecule has 1 fully saturated rings. The Kier molecular flexibility index (Phi) is 4.27.